The average molecular weight is 196 g/mol. The van der Waals surface area contributed by atoms with Gasteiger partial charge in [0, 0.05) is 0 Å². The minimum absolute atomic E-state index is 0.0644. The van der Waals surface area contributed by atoms with Gasteiger partial charge in [-0.3, -0.25) is 9.42 Å². The van der Waals surface area contributed by atoms with Crippen molar-refractivity contribution in [2.24, 2.45) is 5.92 Å². The molecular formula is C7H14FO3P. The normalized spacial score (nSPS) is 24.2. The second-order valence-electron chi connectivity index (χ2n) is 3.22. The van der Waals surface area contributed by atoms with Gasteiger partial charge >= 0.3 is 7.91 Å². The van der Waals surface area contributed by atoms with Crippen LogP contribution in [-0.4, -0.2) is 11.5 Å². The highest BCUT2D eigenvalue weighted by Gasteiger charge is 2.19. The highest BCUT2D eigenvalue weighted by atomic mass is 31.2. The van der Waals surface area contributed by atoms with Gasteiger partial charge in [-0.05, 0) is 12.3 Å². The third kappa shape index (κ3) is 4.19. The van der Waals surface area contributed by atoms with Crippen LogP contribution in [-0.2, 0) is 9.09 Å². The highest BCUT2D eigenvalue weighted by molar-refractivity contribution is 7.46. The second kappa shape index (κ2) is 4.35. The molecule has 0 aliphatic heterocycles. The van der Waals surface area contributed by atoms with Crippen molar-refractivity contribution in [1.29, 1.82) is 0 Å². The average Bonchev–Trinajstić information content (AvgIpc) is 2.36. The van der Waals surface area contributed by atoms with Gasteiger partial charge in [0.15, 0.2) is 0 Å². The summed E-state index contributed by atoms with van der Waals surface area (Å²) in [5, 5.41) is 0. The molecule has 1 atom stereocenters. The van der Waals surface area contributed by atoms with Gasteiger partial charge in [-0.1, -0.05) is 25.7 Å². The van der Waals surface area contributed by atoms with Gasteiger partial charge < -0.3 is 0 Å². The van der Waals surface area contributed by atoms with Crippen molar-refractivity contribution in [2.45, 2.75) is 32.1 Å². The quantitative estimate of drug-likeness (QED) is 0.703. The molecule has 72 valence electrons. The van der Waals surface area contributed by atoms with Crippen molar-refractivity contribution in [1.82, 2.24) is 0 Å². The van der Waals surface area contributed by atoms with Crippen molar-refractivity contribution in [3.63, 3.8) is 0 Å². The van der Waals surface area contributed by atoms with E-state index < -0.39 is 7.91 Å². The lowest BCUT2D eigenvalue weighted by Crippen LogP contribution is -1.99. The maximum Gasteiger partial charge on any atom is 0.510 e. The Morgan fingerprint density at radius 3 is 2.58 bits per heavy atom. The minimum atomic E-state index is -4.72. The van der Waals surface area contributed by atoms with Crippen molar-refractivity contribution >= 4 is 7.91 Å². The maximum absolute atomic E-state index is 12.0. The van der Waals surface area contributed by atoms with Gasteiger partial charge in [0.25, 0.3) is 0 Å². The summed E-state index contributed by atoms with van der Waals surface area (Å²) in [4.78, 5) is 8.16. The Morgan fingerprint density at radius 1 is 1.50 bits per heavy atom. The zero-order valence-corrected chi connectivity index (χ0v) is 7.80. The van der Waals surface area contributed by atoms with Crippen LogP contribution in [0.1, 0.15) is 32.1 Å². The van der Waals surface area contributed by atoms with E-state index in [0.717, 1.165) is 12.8 Å². The standard InChI is InChI=1S/C7H14FO3P/c8-12(9,10)11-6-5-7-3-1-2-4-7/h7H,1-6H2,(H,9,10). The predicted octanol–water partition coefficient (Wildman–Crippen LogP) is 2.65. The zero-order chi connectivity index (χ0) is 9.03. The first-order valence-electron chi connectivity index (χ1n) is 4.25. The summed E-state index contributed by atoms with van der Waals surface area (Å²) >= 11 is 0. The first-order chi connectivity index (χ1) is 5.58. The molecule has 1 N–H and O–H groups in total. The molecule has 1 aliphatic rings. The number of halogens is 1. The Bertz CT molecular complexity index is 173. The first kappa shape index (κ1) is 10.2. The smallest absolute Gasteiger partial charge is 0.299 e. The summed E-state index contributed by atoms with van der Waals surface area (Å²) in [6.07, 6.45) is 5.43. The molecule has 0 aromatic heterocycles. The molecule has 1 rings (SSSR count). The van der Waals surface area contributed by atoms with Gasteiger partial charge in [-0.25, -0.2) is 4.57 Å². The van der Waals surface area contributed by atoms with Crippen LogP contribution in [0.4, 0.5) is 4.20 Å². The SMILES string of the molecule is O=P(O)(F)OCCC1CCCC1. The lowest BCUT2D eigenvalue weighted by Gasteiger charge is -2.08. The molecule has 0 saturated heterocycles. The first-order valence-corrected chi connectivity index (χ1v) is 5.72. The fraction of sp³-hybridized carbons (Fsp3) is 1.00. The van der Waals surface area contributed by atoms with E-state index in [2.05, 4.69) is 4.52 Å². The minimum Gasteiger partial charge on any atom is -0.299 e. The van der Waals surface area contributed by atoms with E-state index in [0.29, 0.717) is 12.3 Å². The molecule has 0 heterocycles. The zero-order valence-electron chi connectivity index (χ0n) is 6.91. The lowest BCUT2D eigenvalue weighted by molar-refractivity contribution is 0.210. The summed E-state index contributed by atoms with van der Waals surface area (Å²) in [5.74, 6) is 0.566. The Hall–Kier alpha value is 0.0800. The fourth-order valence-corrected chi connectivity index (χ4v) is 1.96. The molecule has 1 fully saturated rings. The molecular weight excluding hydrogens is 182 g/mol. The molecule has 1 unspecified atom stereocenters. The Kier molecular flexibility index (Phi) is 3.69. The molecule has 0 amide bonds. The van der Waals surface area contributed by atoms with Gasteiger partial charge in [0.1, 0.15) is 0 Å². The molecule has 0 aromatic carbocycles. The molecule has 0 spiro atoms. The van der Waals surface area contributed by atoms with Crippen molar-refractivity contribution in [2.75, 3.05) is 6.61 Å². The summed E-state index contributed by atoms with van der Waals surface area (Å²) in [7, 11) is -4.72. The van der Waals surface area contributed by atoms with E-state index in [4.69, 9.17) is 4.89 Å². The van der Waals surface area contributed by atoms with Crippen molar-refractivity contribution in [3.05, 3.63) is 0 Å². The summed E-state index contributed by atoms with van der Waals surface area (Å²) in [5.41, 5.74) is 0. The maximum atomic E-state index is 12.0. The van der Waals surface area contributed by atoms with Crippen LogP contribution < -0.4 is 0 Å². The molecule has 3 nitrogen and oxygen atoms in total. The fourth-order valence-electron chi connectivity index (χ4n) is 1.63. The third-order valence-corrected chi connectivity index (χ3v) is 2.75. The molecule has 5 heteroatoms. The predicted molar refractivity (Wildman–Crippen MR) is 43.5 cm³/mol. The Balaban J connectivity index is 2.05. The van der Waals surface area contributed by atoms with Crippen LogP contribution in [0.5, 0.6) is 0 Å². The number of hydrogen-bond donors (Lipinski definition) is 1. The largest absolute Gasteiger partial charge is 0.510 e. The van der Waals surface area contributed by atoms with Gasteiger partial charge in [-0.2, -0.15) is 0 Å². The van der Waals surface area contributed by atoms with E-state index in [1.807, 2.05) is 0 Å². The summed E-state index contributed by atoms with van der Waals surface area (Å²) < 4.78 is 26.1. The molecule has 0 aromatic rings. The number of hydrogen-bond acceptors (Lipinski definition) is 2. The number of rotatable bonds is 4. The van der Waals surface area contributed by atoms with Gasteiger partial charge in [0.05, 0.1) is 6.61 Å². The lowest BCUT2D eigenvalue weighted by atomic mass is 10.1. The van der Waals surface area contributed by atoms with Crippen LogP contribution in [0.15, 0.2) is 0 Å². The Morgan fingerprint density at radius 2 is 2.08 bits per heavy atom. The molecule has 0 radical (unpaired) electrons. The van der Waals surface area contributed by atoms with Gasteiger partial charge in [-0.15, -0.1) is 4.20 Å². The summed E-state index contributed by atoms with van der Waals surface area (Å²) in [6.45, 7) is 0.0644. The Labute approximate surface area is 71.6 Å². The molecule has 0 bridgehead atoms. The van der Waals surface area contributed by atoms with E-state index in [1.165, 1.54) is 12.8 Å². The second-order valence-corrected chi connectivity index (χ2v) is 4.38. The summed E-state index contributed by atoms with van der Waals surface area (Å²) in [6, 6.07) is 0. The van der Waals surface area contributed by atoms with Crippen LogP contribution in [0.3, 0.4) is 0 Å². The van der Waals surface area contributed by atoms with Crippen LogP contribution in [0, 0.1) is 5.92 Å². The third-order valence-electron chi connectivity index (χ3n) is 2.25. The topological polar surface area (TPSA) is 46.5 Å². The van der Waals surface area contributed by atoms with E-state index in [9.17, 15) is 8.76 Å². The molecule has 1 saturated carbocycles. The van der Waals surface area contributed by atoms with Crippen molar-refractivity contribution < 1.29 is 18.2 Å². The molecule has 1 aliphatic carbocycles. The van der Waals surface area contributed by atoms with Crippen LogP contribution >= 0.6 is 7.91 Å². The van der Waals surface area contributed by atoms with Crippen LogP contribution in [0.25, 0.3) is 0 Å². The van der Waals surface area contributed by atoms with Crippen molar-refractivity contribution in [3.8, 4) is 0 Å². The molecule has 12 heavy (non-hydrogen) atoms. The van der Waals surface area contributed by atoms with E-state index in [-0.39, 0.29) is 6.61 Å². The van der Waals surface area contributed by atoms with Gasteiger partial charge in [0.2, 0.25) is 0 Å². The van der Waals surface area contributed by atoms with E-state index >= 15 is 0 Å². The monoisotopic (exact) mass is 196 g/mol. The van der Waals surface area contributed by atoms with Crippen LogP contribution in [0.2, 0.25) is 0 Å². The van der Waals surface area contributed by atoms with E-state index in [1.54, 1.807) is 0 Å². The highest BCUT2D eigenvalue weighted by Crippen LogP contribution is 2.43.